The number of hydrogen-bond donors (Lipinski definition) is 1. The highest BCUT2D eigenvalue weighted by atomic mass is 19.2. The van der Waals surface area contributed by atoms with Crippen LogP contribution >= 0.6 is 0 Å². The van der Waals surface area contributed by atoms with E-state index >= 15 is 0 Å². The van der Waals surface area contributed by atoms with E-state index in [4.69, 9.17) is 0 Å². The molecule has 0 saturated carbocycles. The Hall–Kier alpha value is -2.11. The van der Waals surface area contributed by atoms with Crippen molar-refractivity contribution in [3.05, 3.63) is 40.7 Å². The van der Waals surface area contributed by atoms with E-state index in [1.54, 1.807) is 6.92 Å². The van der Waals surface area contributed by atoms with E-state index in [-0.39, 0.29) is 11.3 Å². The fraction of sp³-hybridized carbons (Fsp3) is 0.286. The Kier molecular flexibility index (Phi) is 3.92. The summed E-state index contributed by atoms with van der Waals surface area (Å²) >= 11 is 0. The number of benzene rings is 1. The standard InChI is InChI=1S/C14H14F3N3/c1-4-18-14-8(3)7(2)13(19-20-14)9-5-11(16)12(17)6-10(9)15/h5-6H,4H2,1-3H3,(H,18,20). The maximum Gasteiger partial charge on any atom is 0.161 e. The third-order valence-electron chi connectivity index (χ3n) is 3.13. The van der Waals surface area contributed by atoms with E-state index in [1.807, 2.05) is 13.8 Å². The molecule has 1 aromatic carbocycles. The van der Waals surface area contributed by atoms with Gasteiger partial charge in [0, 0.05) is 18.2 Å². The van der Waals surface area contributed by atoms with Crippen LogP contribution in [0.4, 0.5) is 19.0 Å². The van der Waals surface area contributed by atoms with E-state index in [0.717, 1.165) is 11.6 Å². The monoisotopic (exact) mass is 281 g/mol. The molecule has 1 heterocycles. The van der Waals surface area contributed by atoms with Crippen LogP contribution in [0.25, 0.3) is 11.3 Å². The third kappa shape index (κ3) is 2.45. The van der Waals surface area contributed by atoms with Crippen molar-refractivity contribution in [2.75, 3.05) is 11.9 Å². The van der Waals surface area contributed by atoms with Crippen molar-refractivity contribution in [3.63, 3.8) is 0 Å². The van der Waals surface area contributed by atoms with Gasteiger partial charge in [0.05, 0.1) is 5.69 Å². The molecule has 0 bridgehead atoms. The molecule has 0 amide bonds. The van der Waals surface area contributed by atoms with Gasteiger partial charge in [0.1, 0.15) is 5.82 Å². The number of halogens is 3. The zero-order valence-electron chi connectivity index (χ0n) is 11.4. The maximum absolute atomic E-state index is 13.8. The van der Waals surface area contributed by atoms with Gasteiger partial charge in [-0.25, -0.2) is 13.2 Å². The number of nitrogens with zero attached hydrogens (tertiary/aromatic N) is 2. The van der Waals surface area contributed by atoms with Crippen molar-refractivity contribution in [1.82, 2.24) is 10.2 Å². The molecule has 1 N–H and O–H groups in total. The molecule has 0 radical (unpaired) electrons. The van der Waals surface area contributed by atoms with Crippen molar-refractivity contribution >= 4 is 5.82 Å². The van der Waals surface area contributed by atoms with Crippen molar-refractivity contribution in [2.45, 2.75) is 20.8 Å². The van der Waals surface area contributed by atoms with E-state index < -0.39 is 17.5 Å². The smallest absolute Gasteiger partial charge is 0.161 e. The van der Waals surface area contributed by atoms with Gasteiger partial charge in [0.25, 0.3) is 0 Å². The predicted molar refractivity (Wildman–Crippen MR) is 71.0 cm³/mol. The van der Waals surface area contributed by atoms with Crippen molar-refractivity contribution in [1.29, 1.82) is 0 Å². The second-order valence-electron chi connectivity index (χ2n) is 4.42. The van der Waals surface area contributed by atoms with Gasteiger partial charge >= 0.3 is 0 Å². The Morgan fingerprint density at radius 2 is 1.60 bits per heavy atom. The molecule has 1 aromatic heterocycles. The van der Waals surface area contributed by atoms with E-state index in [9.17, 15) is 13.2 Å². The predicted octanol–water partition coefficient (Wildman–Crippen LogP) is 3.61. The van der Waals surface area contributed by atoms with Gasteiger partial charge < -0.3 is 5.32 Å². The molecule has 6 heteroatoms. The Balaban J connectivity index is 2.59. The van der Waals surface area contributed by atoms with Gasteiger partial charge in [-0.3, -0.25) is 0 Å². The van der Waals surface area contributed by atoms with E-state index in [1.165, 1.54) is 0 Å². The van der Waals surface area contributed by atoms with Gasteiger partial charge in [-0.1, -0.05) is 0 Å². The van der Waals surface area contributed by atoms with Crippen molar-refractivity contribution in [3.8, 4) is 11.3 Å². The second kappa shape index (κ2) is 5.48. The molecule has 3 nitrogen and oxygen atoms in total. The summed E-state index contributed by atoms with van der Waals surface area (Å²) in [5.41, 5.74) is 1.57. The highest BCUT2D eigenvalue weighted by molar-refractivity contribution is 5.67. The molecule has 0 fully saturated rings. The third-order valence-corrected chi connectivity index (χ3v) is 3.13. The van der Waals surface area contributed by atoms with Gasteiger partial charge in [-0.05, 0) is 38.0 Å². The van der Waals surface area contributed by atoms with Crippen molar-refractivity contribution in [2.24, 2.45) is 0 Å². The molecule has 0 saturated heterocycles. The minimum Gasteiger partial charge on any atom is -0.369 e. The molecule has 106 valence electrons. The Labute approximate surface area is 114 Å². The van der Waals surface area contributed by atoms with Crippen LogP contribution < -0.4 is 5.32 Å². The zero-order valence-corrected chi connectivity index (χ0v) is 11.4. The molecule has 0 aliphatic heterocycles. The summed E-state index contributed by atoms with van der Waals surface area (Å²) < 4.78 is 40.0. The molecule has 0 spiro atoms. The van der Waals surface area contributed by atoms with E-state index in [2.05, 4.69) is 15.5 Å². The van der Waals surface area contributed by atoms with Crippen LogP contribution in [0.1, 0.15) is 18.1 Å². The van der Waals surface area contributed by atoms with Crippen LogP contribution in [0.5, 0.6) is 0 Å². The summed E-state index contributed by atoms with van der Waals surface area (Å²) in [4.78, 5) is 0. The fourth-order valence-corrected chi connectivity index (χ4v) is 1.90. The van der Waals surface area contributed by atoms with Gasteiger partial charge in [0.2, 0.25) is 0 Å². The lowest BCUT2D eigenvalue weighted by Crippen LogP contribution is -2.07. The molecule has 0 aliphatic rings. The van der Waals surface area contributed by atoms with Crippen LogP contribution in [0.3, 0.4) is 0 Å². The number of rotatable bonds is 3. The molecule has 2 aromatic rings. The summed E-state index contributed by atoms with van der Waals surface area (Å²) in [5, 5.41) is 10.9. The first-order valence-corrected chi connectivity index (χ1v) is 6.18. The number of aromatic nitrogens is 2. The van der Waals surface area contributed by atoms with Gasteiger partial charge in [0.15, 0.2) is 17.5 Å². The highest BCUT2D eigenvalue weighted by Gasteiger charge is 2.17. The van der Waals surface area contributed by atoms with Gasteiger partial charge in [-0.15, -0.1) is 10.2 Å². The summed E-state index contributed by atoms with van der Waals surface area (Å²) in [6.45, 7) is 6.14. The van der Waals surface area contributed by atoms with Gasteiger partial charge in [-0.2, -0.15) is 0 Å². The quantitative estimate of drug-likeness (QED) is 0.873. The molecule has 0 atom stereocenters. The lowest BCUT2D eigenvalue weighted by atomic mass is 10.0. The molecule has 0 aliphatic carbocycles. The SMILES string of the molecule is CCNc1nnc(-c2cc(F)c(F)cc2F)c(C)c1C. The Morgan fingerprint density at radius 1 is 0.950 bits per heavy atom. The van der Waals surface area contributed by atoms with Crippen LogP contribution in [0.15, 0.2) is 12.1 Å². The van der Waals surface area contributed by atoms with Crippen molar-refractivity contribution < 1.29 is 13.2 Å². The largest absolute Gasteiger partial charge is 0.369 e. The fourth-order valence-electron chi connectivity index (χ4n) is 1.90. The Morgan fingerprint density at radius 3 is 2.25 bits per heavy atom. The molecular weight excluding hydrogens is 267 g/mol. The topological polar surface area (TPSA) is 37.8 Å². The number of anilines is 1. The highest BCUT2D eigenvalue weighted by Crippen LogP contribution is 2.29. The Bertz CT molecular complexity index is 657. The second-order valence-corrected chi connectivity index (χ2v) is 4.42. The van der Waals surface area contributed by atoms with Crippen LogP contribution in [-0.2, 0) is 0 Å². The maximum atomic E-state index is 13.8. The lowest BCUT2D eigenvalue weighted by molar-refractivity contribution is 0.496. The summed E-state index contributed by atoms with van der Waals surface area (Å²) in [6.07, 6.45) is 0. The normalized spacial score (nSPS) is 10.7. The molecule has 2 rings (SSSR count). The van der Waals surface area contributed by atoms with Crippen LogP contribution in [0.2, 0.25) is 0 Å². The summed E-state index contributed by atoms with van der Waals surface area (Å²) in [5.74, 6) is -2.61. The van der Waals surface area contributed by atoms with Crippen LogP contribution in [-0.4, -0.2) is 16.7 Å². The summed E-state index contributed by atoms with van der Waals surface area (Å²) in [6, 6.07) is 1.31. The number of hydrogen-bond acceptors (Lipinski definition) is 3. The number of nitrogens with one attached hydrogen (secondary N) is 1. The first-order valence-electron chi connectivity index (χ1n) is 6.18. The minimum atomic E-state index is -1.22. The van der Waals surface area contributed by atoms with Crippen LogP contribution in [0, 0.1) is 31.3 Å². The average molecular weight is 281 g/mol. The lowest BCUT2D eigenvalue weighted by Gasteiger charge is -2.12. The zero-order chi connectivity index (χ0) is 14.9. The molecule has 0 unspecified atom stereocenters. The minimum absolute atomic E-state index is 0.0972. The average Bonchev–Trinajstić information content (AvgIpc) is 2.40. The molecular formula is C14H14F3N3. The molecule has 20 heavy (non-hydrogen) atoms. The van der Waals surface area contributed by atoms with E-state index in [0.29, 0.717) is 24.0 Å². The summed E-state index contributed by atoms with van der Waals surface area (Å²) in [7, 11) is 0. The first kappa shape index (κ1) is 14.3. The first-order chi connectivity index (χ1) is 9.45.